The third kappa shape index (κ3) is 4.26. The average Bonchev–Trinajstić information content (AvgIpc) is 3.25. The van der Waals surface area contributed by atoms with E-state index in [1.807, 2.05) is 16.8 Å². The Balaban J connectivity index is 1.48. The molecule has 0 spiro atoms. The normalized spacial score (nSPS) is 15.5. The summed E-state index contributed by atoms with van der Waals surface area (Å²) in [5.41, 5.74) is 2.69. The van der Waals surface area contributed by atoms with Gasteiger partial charge in [-0.15, -0.1) is 0 Å². The van der Waals surface area contributed by atoms with Gasteiger partial charge in [0.1, 0.15) is 5.82 Å². The average molecular weight is 397 g/mol. The van der Waals surface area contributed by atoms with Gasteiger partial charge in [-0.3, -0.25) is 9.30 Å². The number of imidazole rings is 1. The van der Waals surface area contributed by atoms with Crippen LogP contribution in [0.3, 0.4) is 0 Å². The summed E-state index contributed by atoms with van der Waals surface area (Å²) >= 11 is 0. The first-order valence-corrected chi connectivity index (χ1v) is 10.5. The molecule has 1 aliphatic rings. The van der Waals surface area contributed by atoms with Crippen LogP contribution in [0.5, 0.6) is 0 Å². The van der Waals surface area contributed by atoms with Crippen LogP contribution in [0.4, 0.5) is 10.2 Å². The molecule has 3 heterocycles. The molecule has 0 bridgehead atoms. The zero-order chi connectivity index (χ0) is 20.2. The fourth-order valence-corrected chi connectivity index (χ4v) is 3.97. The molecule has 0 aliphatic carbocycles. The molecule has 7 heteroatoms. The Bertz CT molecular complexity index is 926. The van der Waals surface area contributed by atoms with Crippen molar-refractivity contribution in [3.8, 4) is 11.3 Å². The van der Waals surface area contributed by atoms with Crippen LogP contribution in [0.25, 0.3) is 16.9 Å². The number of hydrogen-bond acceptors (Lipinski definition) is 5. The first kappa shape index (κ1) is 19.8. The summed E-state index contributed by atoms with van der Waals surface area (Å²) < 4.78 is 15.3. The van der Waals surface area contributed by atoms with Gasteiger partial charge in [0.15, 0.2) is 11.5 Å². The maximum absolute atomic E-state index is 13.3. The van der Waals surface area contributed by atoms with E-state index in [0.717, 1.165) is 75.1 Å². The quantitative estimate of drug-likeness (QED) is 0.614. The van der Waals surface area contributed by atoms with Crippen molar-refractivity contribution >= 4 is 11.5 Å². The summed E-state index contributed by atoms with van der Waals surface area (Å²) in [6.07, 6.45) is 5.61. The lowest BCUT2D eigenvalue weighted by molar-refractivity contribution is 0.206. The minimum atomic E-state index is -0.237. The Hall–Kier alpha value is -2.51. The van der Waals surface area contributed by atoms with Crippen molar-refractivity contribution in [3.63, 3.8) is 0 Å². The molecule has 0 radical (unpaired) electrons. The fraction of sp³-hybridized carbons (Fsp3) is 0.455. The number of hydrogen-bond donors (Lipinski definition) is 0. The molecule has 29 heavy (non-hydrogen) atoms. The minimum Gasteiger partial charge on any atom is -0.351 e. The summed E-state index contributed by atoms with van der Waals surface area (Å²) in [5.74, 6) is 0.684. The standard InChI is InChI=1S/C22H29FN6/c1-3-26(4-2)11-12-27-13-15-28(16-14-27)21-22-24-9-10-29(22)20(17-25-21)18-5-7-19(23)8-6-18/h5-10,17H,3-4,11-16H2,1-2H3. The molecule has 0 amide bonds. The smallest absolute Gasteiger partial charge is 0.180 e. The summed E-state index contributed by atoms with van der Waals surface area (Å²) in [6.45, 7) is 12.9. The van der Waals surface area contributed by atoms with Crippen LogP contribution in [0, 0.1) is 5.82 Å². The van der Waals surface area contributed by atoms with Crippen LogP contribution in [0.15, 0.2) is 42.9 Å². The molecular weight excluding hydrogens is 367 g/mol. The zero-order valence-corrected chi connectivity index (χ0v) is 17.3. The van der Waals surface area contributed by atoms with E-state index in [1.165, 1.54) is 12.1 Å². The van der Waals surface area contributed by atoms with E-state index in [0.29, 0.717) is 0 Å². The molecule has 1 aliphatic heterocycles. The van der Waals surface area contributed by atoms with Gasteiger partial charge in [-0.2, -0.15) is 0 Å². The van der Waals surface area contributed by atoms with Gasteiger partial charge >= 0.3 is 0 Å². The largest absolute Gasteiger partial charge is 0.351 e. The molecule has 1 fully saturated rings. The number of likely N-dealkylation sites (N-methyl/N-ethyl adjacent to an activating group) is 1. The highest BCUT2D eigenvalue weighted by Crippen LogP contribution is 2.26. The first-order valence-electron chi connectivity index (χ1n) is 10.5. The third-order valence-corrected chi connectivity index (χ3v) is 5.85. The van der Waals surface area contributed by atoms with Crippen LogP contribution in [-0.2, 0) is 0 Å². The Morgan fingerprint density at radius 3 is 2.41 bits per heavy atom. The monoisotopic (exact) mass is 396 g/mol. The van der Waals surface area contributed by atoms with Crippen molar-refractivity contribution in [3.05, 3.63) is 48.7 Å². The summed E-state index contributed by atoms with van der Waals surface area (Å²) in [6, 6.07) is 6.51. The predicted molar refractivity (Wildman–Crippen MR) is 115 cm³/mol. The van der Waals surface area contributed by atoms with Crippen molar-refractivity contribution in [2.45, 2.75) is 13.8 Å². The molecule has 4 rings (SSSR count). The zero-order valence-electron chi connectivity index (χ0n) is 17.3. The molecule has 0 N–H and O–H groups in total. The fourth-order valence-electron chi connectivity index (χ4n) is 3.97. The number of rotatable bonds is 7. The number of anilines is 1. The molecular formula is C22H29FN6. The van der Waals surface area contributed by atoms with Crippen LogP contribution < -0.4 is 4.90 Å². The number of nitrogens with zero attached hydrogens (tertiary/aromatic N) is 6. The van der Waals surface area contributed by atoms with Gasteiger partial charge in [0.05, 0.1) is 11.9 Å². The molecule has 6 nitrogen and oxygen atoms in total. The summed E-state index contributed by atoms with van der Waals surface area (Å²) in [4.78, 5) is 16.6. The van der Waals surface area contributed by atoms with Crippen LogP contribution in [-0.4, -0.2) is 76.5 Å². The Morgan fingerprint density at radius 1 is 1.00 bits per heavy atom. The maximum Gasteiger partial charge on any atom is 0.180 e. The second-order valence-corrected chi connectivity index (χ2v) is 7.45. The molecule has 1 aromatic carbocycles. The van der Waals surface area contributed by atoms with Crippen LogP contribution >= 0.6 is 0 Å². The Kier molecular flexibility index (Phi) is 6.06. The number of halogens is 1. The van der Waals surface area contributed by atoms with E-state index >= 15 is 0 Å². The van der Waals surface area contributed by atoms with Gasteiger partial charge in [-0.05, 0) is 37.4 Å². The summed E-state index contributed by atoms with van der Waals surface area (Å²) in [5, 5.41) is 0. The van der Waals surface area contributed by atoms with Gasteiger partial charge in [-0.25, -0.2) is 14.4 Å². The van der Waals surface area contributed by atoms with Crippen LogP contribution in [0.2, 0.25) is 0 Å². The van der Waals surface area contributed by atoms with Crippen molar-refractivity contribution in [1.82, 2.24) is 24.2 Å². The highest BCUT2D eigenvalue weighted by molar-refractivity contribution is 5.71. The third-order valence-electron chi connectivity index (χ3n) is 5.85. The van der Waals surface area contributed by atoms with Crippen molar-refractivity contribution < 1.29 is 4.39 Å². The lowest BCUT2D eigenvalue weighted by Gasteiger charge is -2.36. The highest BCUT2D eigenvalue weighted by atomic mass is 19.1. The number of fused-ring (bicyclic) bond motifs is 1. The van der Waals surface area contributed by atoms with Gasteiger partial charge in [0.25, 0.3) is 0 Å². The van der Waals surface area contributed by atoms with E-state index in [-0.39, 0.29) is 5.82 Å². The van der Waals surface area contributed by atoms with Crippen molar-refractivity contribution in [2.24, 2.45) is 0 Å². The number of piperazine rings is 1. The topological polar surface area (TPSA) is 39.9 Å². The van der Waals surface area contributed by atoms with E-state index in [1.54, 1.807) is 18.3 Å². The molecule has 0 atom stereocenters. The van der Waals surface area contributed by atoms with E-state index in [9.17, 15) is 4.39 Å². The lowest BCUT2D eigenvalue weighted by Crippen LogP contribution is -2.48. The lowest BCUT2D eigenvalue weighted by atomic mass is 10.1. The minimum absolute atomic E-state index is 0.237. The number of aromatic nitrogens is 3. The molecule has 154 valence electrons. The van der Waals surface area contributed by atoms with Crippen molar-refractivity contribution in [2.75, 3.05) is 57.3 Å². The van der Waals surface area contributed by atoms with Gasteiger partial charge in [0.2, 0.25) is 0 Å². The van der Waals surface area contributed by atoms with Crippen LogP contribution in [0.1, 0.15) is 13.8 Å². The van der Waals surface area contributed by atoms with Gasteiger partial charge in [-0.1, -0.05) is 13.8 Å². The second kappa shape index (κ2) is 8.88. The first-order chi connectivity index (χ1) is 14.2. The molecule has 3 aromatic rings. The Morgan fingerprint density at radius 2 is 1.72 bits per heavy atom. The second-order valence-electron chi connectivity index (χ2n) is 7.45. The van der Waals surface area contributed by atoms with E-state index < -0.39 is 0 Å². The molecule has 0 unspecified atom stereocenters. The predicted octanol–water partition coefficient (Wildman–Crippen LogP) is 3.00. The summed E-state index contributed by atoms with van der Waals surface area (Å²) in [7, 11) is 0. The molecule has 0 saturated carbocycles. The SMILES string of the molecule is CCN(CC)CCN1CCN(c2ncc(-c3ccc(F)cc3)n3ccnc23)CC1. The van der Waals surface area contributed by atoms with Crippen molar-refractivity contribution in [1.29, 1.82) is 0 Å². The highest BCUT2D eigenvalue weighted by Gasteiger charge is 2.21. The molecule has 1 saturated heterocycles. The Labute approximate surface area is 171 Å². The van der Waals surface area contributed by atoms with Gasteiger partial charge in [0, 0.05) is 57.2 Å². The van der Waals surface area contributed by atoms with E-state index in [4.69, 9.17) is 4.98 Å². The molecule has 2 aromatic heterocycles. The maximum atomic E-state index is 13.3. The van der Waals surface area contributed by atoms with Gasteiger partial charge < -0.3 is 9.80 Å². The van der Waals surface area contributed by atoms with E-state index in [2.05, 4.69) is 33.5 Å². The number of benzene rings is 1.